The van der Waals surface area contributed by atoms with Crippen molar-refractivity contribution in [3.63, 3.8) is 0 Å². The van der Waals surface area contributed by atoms with Crippen LogP contribution in [-0.2, 0) is 11.3 Å². The van der Waals surface area contributed by atoms with Gasteiger partial charge in [-0.1, -0.05) is 67.2 Å². The third kappa shape index (κ3) is 4.72. The van der Waals surface area contributed by atoms with Gasteiger partial charge in [0.05, 0.1) is 5.69 Å². The molecule has 4 heteroatoms. The Balaban J connectivity index is 1.92. The zero-order valence-corrected chi connectivity index (χ0v) is 16.9. The van der Waals surface area contributed by atoms with Gasteiger partial charge in [0.2, 0.25) is 5.78 Å². The van der Waals surface area contributed by atoms with E-state index in [9.17, 15) is 9.90 Å². The number of allylic oxidation sites excluding steroid dienone is 1. The van der Waals surface area contributed by atoms with Gasteiger partial charge in [-0.05, 0) is 37.5 Å². The molecular formula is C25H26N2O2. The summed E-state index contributed by atoms with van der Waals surface area (Å²) in [6.07, 6.45) is 3.38. The van der Waals surface area contributed by atoms with E-state index in [-0.39, 0.29) is 11.7 Å². The van der Waals surface area contributed by atoms with E-state index in [1.54, 1.807) is 0 Å². The lowest BCUT2D eigenvalue weighted by Crippen LogP contribution is -2.10. The summed E-state index contributed by atoms with van der Waals surface area (Å²) < 4.78 is 2.06. The van der Waals surface area contributed by atoms with Gasteiger partial charge in [0.15, 0.2) is 5.76 Å². The Hall–Kier alpha value is -3.40. The average molecular weight is 386 g/mol. The number of imidazole rings is 1. The second-order valence-electron chi connectivity index (χ2n) is 7.05. The minimum atomic E-state index is -0.513. The quantitative estimate of drug-likeness (QED) is 0.418. The number of carbonyl (C=O) groups excluding carboxylic acids is 1. The van der Waals surface area contributed by atoms with Gasteiger partial charge in [0.25, 0.3) is 0 Å². The van der Waals surface area contributed by atoms with Crippen molar-refractivity contribution < 1.29 is 9.90 Å². The summed E-state index contributed by atoms with van der Waals surface area (Å²) in [5, 5.41) is 10.0. The van der Waals surface area contributed by atoms with Gasteiger partial charge in [-0.3, -0.25) is 4.79 Å². The summed E-state index contributed by atoms with van der Waals surface area (Å²) >= 11 is 0. The maximum atomic E-state index is 11.7. The predicted molar refractivity (Wildman–Crippen MR) is 117 cm³/mol. The summed E-state index contributed by atoms with van der Waals surface area (Å²) in [5.74, 6) is -0.0532. The zero-order valence-electron chi connectivity index (χ0n) is 16.9. The van der Waals surface area contributed by atoms with Crippen LogP contribution in [0.2, 0.25) is 0 Å². The average Bonchev–Trinajstić information content (AvgIpc) is 3.02. The minimum Gasteiger partial charge on any atom is -0.504 e. The fourth-order valence-corrected chi connectivity index (χ4v) is 3.53. The Morgan fingerprint density at radius 3 is 2.14 bits per heavy atom. The molecule has 0 bridgehead atoms. The highest BCUT2D eigenvalue weighted by molar-refractivity contribution is 6.04. The standard InChI is InChI=1S/C25H26N2O2/c1-4-23(28)24(29)17-25-26-18(2)19(3)27(25)16-15-22(20-11-7-5-8-12-20)21-13-9-6-10-14-21/h4-14,17,22,29H,1,15-16H2,2-3H3/b24-17-. The third-order valence-electron chi connectivity index (χ3n) is 5.24. The molecule has 1 N–H and O–H groups in total. The Morgan fingerprint density at radius 2 is 1.62 bits per heavy atom. The van der Waals surface area contributed by atoms with Crippen LogP contribution in [0.4, 0.5) is 0 Å². The zero-order chi connectivity index (χ0) is 20.8. The summed E-state index contributed by atoms with van der Waals surface area (Å²) in [6.45, 7) is 8.07. The van der Waals surface area contributed by atoms with Crippen LogP contribution < -0.4 is 0 Å². The van der Waals surface area contributed by atoms with E-state index in [4.69, 9.17) is 0 Å². The maximum absolute atomic E-state index is 11.7. The van der Waals surface area contributed by atoms with E-state index >= 15 is 0 Å². The molecule has 0 aliphatic rings. The molecule has 3 rings (SSSR count). The summed E-state index contributed by atoms with van der Waals surface area (Å²) in [5.41, 5.74) is 4.42. The molecule has 0 saturated carbocycles. The highest BCUT2D eigenvalue weighted by Gasteiger charge is 2.17. The van der Waals surface area contributed by atoms with Crippen molar-refractivity contribution in [2.75, 3.05) is 0 Å². The largest absolute Gasteiger partial charge is 0.504 e. The molecule has 0 aliphatic carbocycles. The highest BCUT2D eigenvalue weighted by Crippen LogP contribution is 2.29. The van der Waals surface area contributed by atoms with Crippen molar-refractivity contribution in [3.8, 4) is 0 Å². The van der Waals surface area contributed by atoms with Gasteiger partial charge in [-0.15, -0.1) is 0 Å². The van der Waals surface area contributed by atoms with Crippen LogP contribution in [-0.4, -0.2) is 20.4 Å². The number of aliphatic hydroxyl groups excluding tert-OH is 1. The Kier molecular flexibility index (Phi) is 6.45. The molecule has 0 atom stereocenters. The van der Waals surface area contributed by atoms with Crippen molar-refractivity contribution in [3.05, 3.63) is 107 Å². The molecule has 148 valence electrons. The van der Waals surface area contributed by atoms with E-state index in [0.717, 1.165) is 23.9 Å². The van der Waals surface area contributed by atoms with E-state index in [0.29, 0.717) is 12.4 Å². The third-order valence-corrected chi connectivity index (χ3v) is 5.24. The number of nitrogens with zero attached hydrogens (tertiary/aromatic N) is 2. The number of carbonyl (C=O) groups is 1. The van der Waals surface area contributed by atoms with Crippen LogP contribution in [0.25, 0.3) is 6.08 Å². The molecule has 0 radical (unpaired) electrons. The second kappa shape index (κ2) is 9.20. The smallest absolute Gasteiger partial charge is 0.219 e. The van der Waals surface area contributed by atoms with Gasteiger partial charge in [0.1, 0.15) is 5.82 Å². The van der Waals surface area contributed by atoms with Gasteiger partial charge < -0.3 is 9.67 Å². The number of rotatable bonds is 8. The lowest BCUT2D eigenvalue weighted by Gasteiger charge is -2.19. The Bertz CT molecular complexity index is 978. The molecule has 29 heavy (non-hydrogen) atoms. The number of ketones is 1. The summed E-state index contributed by atoms with van der Waals surface area (Å²) in [6, 6.07) is 20.9. The van der Waals surface area contributed by atoms with E-state index in [1.165, 1.54) is 17.2 Å². The first-order chi connectivity index (χ1) is 14.0. The van der Waals surface area contributed by atoms with Crippen molar-refractivity contribution >= 4 is 11.9 Å². The molecule has 4 nitrogen and oxygen atoms in total. The molecule has 1 aromatic heterocycles. The van der Waals surface area contributed by atoms with Crippen LogP contribution >= 0.6 is 0 Å². The predicted octanol–water partition coefficient (Wildman–Crippen LogP) is 5.38. The van der Waals surface area contributed by atoms with Crippen molar-refractivity contribution in [1.82, 2.24) is 9.55 Å². The van der Waals surface area contributed by atoms with Crippen LogP contribution in [0, 0.1) is 13.8 Å². The van der Waals surface area contributed by atoms with Gasteiger partial charge in [-0.2, -0.15) is 0 Å². The summed E-state index contributed by atoms with van der Waals surface area (Å²) in [4.78, 5) is 16.2. The van der Waals surface area contributed by atoms with Gasteiger partial charge in [0, 0.05) is 24.2 Å². The van der Waals surface area contributed by atoms with E-state index in [2.05, 4.69) is 64.7 Å². The SMILES string of the molecule is C=CC(=O)/C(O)=C/c1nc(C)c(C)n1CCC(c1ccccc1)c1ccccc1. The Morgan fingerprint density at radius 1 is 1.07 bits per heavy atom. The van der Waals surface area contributed by atoms with Gasteiger partial charge >= 0.3 is 0 Å². The number of hydrogen-bond donors (Lipinski definition) is 1. The first-order valence-electron chi connectivity index (χ1n) is 9.72. The van der Waals surface area contributed by atoms with Crippen molar-refractivity contribution in [2.24, 2.45) is 0 Å². The van der Waals surface area contributed by atoms with Crippen LogP contribution in [0.15, 0.2) is 79.1 Å². The number of aromatic nitrogens is 2. The van der Waals surface area contributed by atoms with Crippen LogP contribution in [0.5, 0.6) is 0 Å². The molecule has 0 aliphatic heterocycles. The molecule has 0 amide bonds. The molecular weight excluding hydrogens is 360 g/mol. The number of aliphatic hydroxyl groups is 1. The molecule has 1 heterocycles. The number of hydrogen-bond acceptors (Lipinski definition) is 3. The normalized spacial score (nSPS) is 11.6. The fraction of sp³-hybridized carbons (Fsp3) is 0.200. The van der Waals surface area contributed by atoms with E-state index in [1.807, 2.05) is 26.0 Å². The fourth-order valence-electron chi connectivity index (χ4n) is 3.53. The minimum absolute atomic E-state index is 0.236. The molecule has 0 fully saturated rings. The monoisotopic (exact) mass is 386 g/mol. The molecule has 2 aromatic carbocycles. The summed E-state index contributed by atoms with van der Waals surface area (Å²) in [7, 11) is 0. The second-order valence-corrected chi connectivity index (χ2v) is 7.05. The number of aryl methyl sites for hydroxylation is 1. The highest BCUT2D eigenvalue weighted by atomic mass is 16.3. The molecule has 3 aromatic rings. The van der Waals surface area contributed by atoms with E-state index < -0.39 is 5.78 Å². The molecule has 0 saturated heterocycles. The topological polar surface area (TPSA) is 55.1 Å². The van der Waals surface area contributed by atoms with Crippen molar-refractivity contribution in [2.45, 2.75) is 32.7 Å². The van der Waals surface area contributed by atoms with Crippen molar-refractivity contribution in [1.29, 1.82) is 0 Å². The maximum Gasteiger partial charge on any atom is 0.219 e. The van der Waals surface area contributed by atoms with Gasteiger partial charge in [-0.25, -0.2) is 4.98 Å². The Labute approximate surface area is 171 Å². The molecule has 0 unspecified atom stereocenters. The lowest BCUT2D eigenvalue weighted by atomic mass is 9.88. The van der Waals surface area contributed by atoms with Crippen LogP contribution in [0.3, 0.4) is 0 Å². The number of benzene rings is 2. The lowest BCUT2D eigenvalue weighted by molar-refractivity contribution is -0.113. The first-order valence-corrected chi connectivity index (χ1v) is 9.72. The van der Waals surface area contributed by atoms with Crippen LogP contribution in [0.1, 0.15) is 40.7 Å². The molecule has 0 spiro atoms. The first kappa shape index (κ1) is 20.3.